The van der Waals surface area contributed by atoms with Crippen LogP contribution in [-0.2, 0) is 19.1 Å². The van der Waals surface area contributed by atoms with Gasteiger partial charge >= 0.3 is 11.9 Å². The Labute approximate surface area is 83.9 Å². The van der Waals surface area contributed by atoms with Gasteiger partial charge in [0.05, 0.1) is 12.7 Å². The monoisotopic (exact) mass is 200 g/mol. The molecule has 0 radical (unpaired) electrons. The van der Waals surface area contributed by atoms with E-state index in [0.29, 0.717) is 19.4 Å². The topological polar surface area (TPSA) is 52.6 Å². The molecular weight excluding hydrogens is 184 g/mol. The molecule has 0 aromatic carbocycles. The van der Waals surface area contributed by atoms with Crippen molar-refractivity contribution in [2.75, 3.05) is 6.61 Å². The number of hydrogen-bond donors (Lipinski definition) is 0. The quantitative estimate of drug-likeness (QED) is 0.370. The first-order valence-electron chi connectivity index (χ1n) is 4.52. The fourth-order valence-corrected chi connectivity index (χ4v) is 0.892. The largest absolute Gasteiger partial charge is 0.466 e. The normalized spacial score (nSPS) is 11.6. The lowest BCUT2D eigenvalue weighted by Gasteiger charge is -2.11. The average Bonchev–Trinajstić information content (AvgIpc) is 2.12. The molecule has 1 atom stereocenters. The minimum Gasteiger partial charge on any atom is -0.466 e. The number of rotatable bonds is 6. The number of carbonyl (C=O) groups excluding carboxylic acids is 2. The third-order valence-electron chi connectivity index (χ3n) is 1.54. The van der Waals surface area contributed by atoms with E-state index in [1.807, 2.05) is 0 Å². The van der Waals surface area contributed by atoms with Gasteiger partial charge in [-0.15, -0.1) is 0 Å². The van der Waals surface area contributed by atoms with Crippen LogP contribution in [0.15, 0.2) is 12.7 Å². The van der Waals surface area contributed by atoms with E-state index < -0.39 is 5.97 Å². The van der Waals surface area contributed by atoms with E-state index in [-0.39, 0.29) is 12.1 Å². The number of carbonyl (C=O) groups is 2. The second-order valence-electron chi connectivity index (χ2n) is 2.93. The van der Waals surface area contributed by atoms with E-state index in [4.69, 9.17) is 9.47 Å². The van der Waals surface area contributed by atoms with E-state index in [0.717, 1.165) is 6.08 Å². The van der Waals surface area contributed by atoms with Crippen LogP contribution in [0.4, 0.5) is 0 Å². The highest BCUT2D eigenvalue weighted by Crippen LogP contribution is 2.02. The summed E-state index contributed by atoms with van der Waals surface area (Å²) in [4.78, 5) is 21.1. The fourth-order valence-electron chi connectivity index (χ4n) is 0.892. The highest BCUT2D eigenvalue weighted by Gasteiger charge is 2.05. The van der Waals surface area contributed by atoms with Gasteiger partial charge in [0.25, 0.3) is 0 Å². The summed E-state index contributed by atoms with van der Waals surface area (Å²) in [6.07, 6.45) is 2.32. The lowest BCUT2D eigenvalue weighted by molar-refractivity contribution is -0.144. The number of ether oxygens (including phenoxy) is 2. The summed E-state index contributed by atoms with van der Waals surface area (Å²) in [6, 6.07) is 0. The van der Waals surface area contributed by atoms with Gasteiger partial charge < -0.3 is 9.47 Å². The summed E-state index contributed by atoms with van der Waals surface area (Å²) in [5, 5.41) is 0. The molecule has 0 heterocycles. The first kappa shape index (κ1) is 12.7. The SMILES string of the molecule is C=CC(=O)OC(C)CCCOC(C)=O. The molecular formula is C10H16O4. The number of esters is 2. The van der Waals surface area contributed by atoms with Crippen molar-refractivity contribution in [3.8, 4) is 0 Å². The zero-order chi connectivity index (χ0) is 11.0. The average molecular weight is 200 g/mol. The van der Waals surface area contributed by atoms with Crippen molar-refractivity contribution >= 4 is 11.9 Å². The van der Waals surface area contributed by atoms with Crippen molar-refractivity contribution in [1.29, 1.82) is 0 Å². The van der Waals surface area contributed by atoms with Crippen LogP contribution in [-0.4, -0.2) is 24.6 Å². The van der Waals surface area contributed by atoms with Crippen LogP contribution in [0.3, 0.4) is 0 Å². The van der Waals surface area contributed by atoms with Gasteiger partial charge in [0.2, 0.25) is 0 Å². The maximum Gasteiger partial charge on any atom is 0.330 e. The summed E-state index contributed by atoms with van der Waals surface area (Å²) < 4.78 is 9.63. The first-order chi connectivity index (χ1) is 6.56. The summed E-state index contributed by atoms with van der Waals surface area (Å²) in [6.45, 7) is 6.80. The van der Waals surface area contributed by atoms with Crippen molar-refractivity contribution in [2.45, 2.75) is 32.8 Å². The van der Waals surface area contributed by atoms with Gasteiger partial charge in [0.1, 0.15) is 0 Å². The maximum atomic E-state index is 10.7. The van der Waals surface area contributed by atoms with Crippen LogP contribution in [0.25, 0.3) is 0 Å². The Morgan fingerprint density at radius 3 is 2.64 bits per heavy atom. The van der Waals surface area contributed by atoms with Gasteiger partial charge in [-0.1, -0.05) is 6.58 Å². The lowest BCUT2D eigenvalue weighted by atomic mass is 10.2. The molecule has 4 heteroatoms. The molecule has 0 saturated carbocycles. The molecule has 0 rings (SSSR count). The molecule has 0 amide bonds. The summed E-state index contributed by atoms with van der Waals surface area (Å²) in [7, 11) is 0. The van der Waals surface area contributed by atoms with Crippen molar-refractivity contribution < 1.29 is 19.1 Å². The Balaban J connectivity index is 3.44. The first-order valence-corrected chi connectivity index (χ1v) is 4.52. The molecule has 0 saturated heterocycles. The van der Waals surface area contributed by atoms with E-state index in [1.54, 1.807) is 6.92 Å². The minimum atomic E-state index is -0.426. The van der Waals surface area contributed by atoms with Crippen molar-refractivity contribution in [3.05, 3.63) is 12.7 Å². The predicted molar refractivity (Wildman–Crippen MR) is 51.6 cm³/mol. The molecule has 14 heavy (non-hydrogen) atoms. The Morgan fingerprint density at radius 2 is 2.14 bits per heavy atom. The molecule has 0 aliphatic carbocycles. The van der Waals surface area contributed by atoms with Gasteiger partial charge in [0.15, 0.2) is 0 Å². The standard InChI is InChI=1S/C10H16O4/c1-4-10(12)14-8(2)6-5-7-13-9(3)11/h4,8H,1,5-7H2,2-3H3. The van der Waals surface area contributed by atoms with Gasteiger partial charge in [-0.2, -0.15) is 0 Å². The van der Waals surface area contributed by atoms with Gasteiger partial charge in [-0.25, -0.2) is 4.79 Å². The Hall–Kier alpha value is -1.32. The van der Waals surface area contributed by atoms with Gasteiger partial charge in [-0.05, 0) is 19.8 Å². The van der Waals surface area contributed by atoms with E-state index in [2.05, 4.69) is 6.58 Å². The molecule has 0 bridgehead atoms. The third-order valence-corrected chi connectivity index (χ3v) is 1.54. The third kappa shape index (κ3) is 7.34. The molecule has 0 aliphatic rings. The lowest BCUT2D eigenvalue weighted by Crippen LogP contribution is -2.14. The second-order valence-corrected chi connectivity index (χ2v) is 2.93. The van der Waals surface area contributed by atoms with E-state index in [9.17, 15) is 9.59 Å². The van der Waals surface area contributed by atoms with Crippen LogP contribution in [0, 0.1) is 0 Å². The van der Waals surface area contributed by atoms with Crippen LogP contribution in [0.1, 0.15) is 26.7 Å². The smallest absolute Gasteiger partial charge is 0.330 e. The molecule has 4 nitrogen and oxygen atoms in total. The second kappa shape index (κ2) is 7.12. The Morgan fingerprint density at radius 1 is 1.50 bits per heavy atom. The fraction of sp³-hybridized carbons (Fsp3) is 0.600. The molecule has 0 fully saturated rings. The van der Waals surface area contributed by atoms with Crippen LogP contribution in [0.2, 0.25) is 0 Å². The van der Waals surface area contributed by atoms with Crippen molar-refractivity contribution in [3.63, 3.8) is 0 Å². The summed E-state index contributed by atoms with van der Waals surface area (Å²) in [5.41, 5.74) is 0. The molecule has 1 unspecified atom stereocenters. The highest BCUT2D eigenvalue weighted by atomic mass is 16.5. The molecule has 80 valence electrons. The molecule has 0 N–H and O–H groups in total. The Kier molecular flexibility index (Phi) is 6.45. The highest BCUT2D eigenvalue weighted by molar-refractivity contribution is 5.81. The van der Waals surface area contributed by atoms with Gasteiger partial charge in [0, 0.05) is 13.0 Å². The van der Waals surface area contributed by atoms with Crippen LogP contribution >= 0.6 is 0 Å². The number of hydrogen-bond acceptors (Lipinski definition) is 4. The molecule has 0 aromatic rings. The minimum absolute atomic E-state index is 0.170. The summed E-state index contributed by atoms with van der Waals surface area (Å²) >= 11 is 0. The van der Waals surface area contributed by atoms with Gasteiger partial charge in [-0.3, -0.25) is 4.79 Å². The molecule has 0 aliphatic heterocycles. The van der Waals surface area contributed by atoms with E-state index in [1.165, 1.54) is 6.92 Å². The zero-order valence-electron chi connectivity index (χ0n) is 8.62. The summed E-state index contributed by atoms with van der Waals surface area (Å²) in [5.74, 6) is -0.717. The Bertz CT molecular complexity index is 210. The van der Waals surface area contributed by atoms with E-state index >= 15 is 0 Å². The molecule has 0 spiro atoms. The van der Waals surface area contributed by atoms with Crippen LogP contribution in [0.5, 0.6) is 0 Å². The zero-order valence-corrected chi connectivity index (χ0v) is 8.62. The van der Waals surface area contributed by atoms with Crippen molar-refractivity contribution in [1.82, 2.24) is 0 Å². The predicted octanol–water partition coefficient (Wildman–Crippen LogP) is 1.45. The maximum absolute atomic E-state index is 10.7. The molecule has 0 aromatic heterocycles. The van der Waals surface area contributed by atoms with Crippen LogP contribution < -0.4 is 0 Å². The van der Waals surface area contributed by atoms with Crippen molar-refractivity contribution in [2.24, 2.45) is 0 Å².